The van der Waals surface area contributed by atoms with Gasteiger partial charge in [-0.2, -0.15) is 0 Å². The fourth-order valence-corrected chi connectivity index (χ4v) is 4.79. The molecule has 9 heteroatoms. The monoisotopic (exact) mass is 471 g/mol. The zero-order valence-corrected chi connectivity index (χ0v) is 19.9. The zero-order valence-electron chi connectivity index (χ0n) is 17.5. The minimum Gasteiger partial charge on any atom is -0.372 e. The van der Waals surface area contributed by atoms with Crippen molar-refractivity contribution in [3.05, 3.63) is 58.1 Å². The average molecular weight is 472 g/mol. The van der Waals surface area contributed by atoms with Crippen LogP contribution < -0.4 is 14.5 Å². The van der Waals surface area contributed by atoms with Crippen LogP contribution in [0.4, 0.5) is 11.4 Å². The number of rotatable bonds is 9. The standard InChI is InChI=1S/C21H27Cl2N3O3S/c1-5-25(6-2)18-10-7-16(8-11-18)14-24-21(27)15(3)26(30(4,28)29)20-13-17(22)9-12-19(20)23/h7-13,15H,5-6,14H2,1-4H3,(H,24,27). The summed E-state index contributed by atoms with van der Waals surface area (Å²) in [4.78, 5) is 15.0. The van der Waals surface area contributed by atoms with Crippen molar-refractivity contribution in [2.24, 2.45) is 0 Å². The van der Waals surface area contributed by atoms with Gasteiger partial charge in [-0.1, -0.05) is 35.3 Å². The summed E-state index contributed by atoms with van der Waals surface area (Å²) in [6.45, 7) is 7.81. The SMILES string of the molecule is CCN(CC)c1ccc(CNC(=O)C(C)N(c2cc(Cl)ccc2Cl)S(C)(=O)=O)cc1. The van der Waals surface area contributed by atoms with E-state index in [0.717, 1.165) is 34.9 Å². The molecule has 2 aromatic carbocycles. The topological polar surface area (TPSA) is 69.7 Å². The van der Waals surface area contributed by atoms with Crippen molar-refractivity contribution >= 4 is 50.5 Å². The first-order valence-electron chi connectivity index (χ1n) is 9.64. The highest BCUT2D eigenvalue weighted by Gasteiger charge is 2.30. The van der Waals surface area contributed by atoms with Crippen LogP contribution in [0.1, 0.15) is 26.3 Å². The Bertz CT molecular complexity index is 977. The van der Waals surface area contributed by atoms with E-state index >= 15 is 0 Å². The predicted molar refractivity (Wildman–Crippen MR) is 125 cm³/mol. The van der Waals surface area contributed by atoms with E-state index in [-0.39, 0.29) is 17.3 Å². The van der Waals surface area contributed by atoms with E-state index in [0.29, 0.717) is 5.02 Å². The molecule has 0 radical (unpaired) electrons. The van der Waals surface area contributed by atoms with Gasteiger partial charge in [0.2, 0.25) is 15.9 Å². The molecule has 1 unspecified atom stereocenters. The normalized spacial score (nSPS) is 12.3. The molecule has 0 bridgehead atoms. The molecule has 2 rings (SSSR count). The van der Waals surface area contributed by atoms with Crippen LogP contribution in [-0.2, 0) is 21.4 Å². The smallest absolute Gasteiger partial charge is 0.243 e. The molecule has 30 heavy (non-hydrogen) atoms. The van der Waals surface area contributed by atoms with E-state index in [1.54, 1.807) is 6.07 Å². The highest BCUT2D eigenvalue weighted by atomic mass is 35.5. The molecular formula is C21H27Cl2N3O3S. The van der Waals surface area contributed by atoms with Crippen LogP contribution in [-0.4, -0.2) is 39.7 Å². The Labute approximate surface area is 188 Å². The lowest BCUT2D eigenvalue weighted by Gasteiger charge is -2.29. The average Bonchev–Trinajstić information content (AvgIpc) is 2.69. The summed E-state index contributed by atoms with van der Waals surface area (Å²) in [5.41, 5.74) is 2.19. The molecule has 0 aliphatic rings. The van der Waals surface area contributed by atoms with Crippen molar-refractivity contribution in [3.63, 3.8) is 0 Å². The largest absolute Gasteiger partial charge is 0.372 e. The molecule has 0 aliphatic heterocycles. The van der Waals surface area contributed by atoms with Crippen LogP contribution in [0.5, 0.6) is 0 Å². The summed E-state index contributed by atoms with van der Waals surface area (Å²) < 4.78 is 25.8. The van der Waals surface area contributed by atoms with Gasteiger partial charge in [0.05, 0.1) is 17.0 Å². The van der Waals surface area contributed by atoms with Crippen LogP contribution in [0.25, 0.3) is 0 Å². The van der Waals surface area contributed by atoms with Crippen molar-refractivity contribution in [2.75, 3.05) is 28.6 Å². The van der Waals surface area contributed by atoms with E-state index < -0.39 is 22.0 Å². The minimum absolute atomic E-state index is 0.165. The van der Waals surface area contributed by atoms with Gasteiger partial charge in [0.15, 0.2) is 0 Å². The van der Waals surface area contributed by atoms with Gasteiger partial charge >= 0.3 is 0 Å². The maximum absolute atomic E-state index is 12.7. The third-order valence-corrected chi connectivity index (χ3v) is 6.55. The molecule has 1 N–H and O–H groups in total. The van der Waals surface area contributed by atoms with Crippen molar-refractivity contribution in [1.82, 2.24) is 5.32 Å². The van der Waals surface area contributed by atoms with Gasteiger partial charge in [0.1, 0.15) is 6.04 Å². The number of hydrogen-bond donors (Lipinski definition) is 1. The number of anilines is 2. The van der Waals surface area contributed by atoms with E-state index in [4.69, 9.17) is 23.2 Å². The molecule has 2 aromatic rings. The van der Waals surface area contributed by atoms with E-state index in [2.05, 4.69) is 24.1 Å². The maximum atomic E-state index is 12.7. The molecule has 1 amide bonds. The molecule has 1 atom stereocenters. The fourth-order valence-electron chi connectivity index (χ4n) is 3.19. The quantitative estimate of drug-likeness (QED) is 0.591. The number of carbonyl (C=O) groups is 1. The lowest BCUT2D eigenvalue weighted by molar-refractivity contribution is -0.122. The molecule has 164 valence electrons. The maximum Gasteiger partial charge on any atom is 0.243 e. The summed E-state index contributed by atoms with van der Waals surface area (Å²) in [5.74, 6) is -0.440. The molecular weight excluding hydrogens is 445 g/mol. The van der Waals surface area contributed by atoms with Gasteiger partial charge in [-0.05, 0) is 56.7 Å². The second kappa shape index (κ2) is 10.4. The lowest BCUT2D eigenvalue weighted by atomic mass is 10.2. The fraction of sp³-hybridized carbons (Fsp3) is 0.381. The van der Waals surface area contributed by atoms with Crippen LogP contribution in [0.2, 0.25) is 10.0 Å². The highest BCUT2D eigenvalue weighted by Crippen LogP contribution is 2.32. The molecule has 0 aliphatic carbocycles. The minimum atomic E-state index is -3.78. The number of nitrogens with one attached hydrogen (secondary N) is 1. The first-order chi connectivity index (χ1) is 14.1. The van der Waals surface area contributed by atoms with Crippen molar-refractivity contribution < 1.29 is 13.2 Å². The van der Waals surface area contributed by atoms with Gasteiger partial charge in [-0.15, -0.1) is 0 Å². The Morgan fingerprint density at radius 1 is 1.07 bits per heavy atom. The Hall–Kier alpha value is -1.96. The molecule has 6 nitrogen and oxygen atoms in total. The van der Waals surface area contributed by atoms with Gasteiger partial charge in [0, 0.05) is 30.3 Å². The molecule has 0 heterocycles. The second-order valence-corrected chi connectivity index (χ2v) is 9.59. The van der Waals surface area contributed by atoms with Crippen molar-refractivity contribution in [3.8, 4) is 0 Å². The number of sulfonamides is 1. The summed E-state index contributed by atoms with van der Waals surface area (Å²) in [6, 6.07) is 11.4. The Kier molecular flexibility index (Phi) is 8.41. The number of hydrogen-bond acceptors (Lipinski definition) is 4. The molecule has 0 aromatic heterocycles. The van der Waals surface area contributed by atoms with E-state index in [9.17, 15) is 13.2 Å². The molecule has 0 saturated heterocycles. The van der Waals surface area contributed by atoms with E-state index in [1.165, 1.54) is 19.1 Å². The number of carbonyl (C=O) groups excluding carboxylic acids is 1. The van der Waals surface area contributed by atoms with Crippen LogP contribution >= 0.6 is 23.2 Å². The number of amides is 1. The van der Waals surface area contributed by atoms with Crippen LogP contribution in [0, 0.1) is 0 Å². The van der Waals surface area contributed by atoms with Crippen molar-refractivity contribution in [1.29, 1.82) is 0 Å². The van der Waals surface area contributed by atoms with Gasteiger partial charge < -0.3 is 10.2 Å². The predicted octanol–water partition coefficient (Wildman–Crippen LogP) is 4.31. The Balaban J connectivity index is 2.15. The number of benzene rings is 2. The highest BCUT2D eigenvalue weighted by molar-refractivity contribution is 7.92. The molecule has 0 fully saturated rings. The van der Waals surface area contributed by atoms with Crippen LogP contribution in [0.3, 0.4) is 0 Å². The van der Waals surface area contributed by atoms with Crippen LogP contribution in [0.15, 0.2) is 42.5 Å². The third-order valence-electron chi connectivity index (χ3n) is 4.77. The summed E-state index contributed by atoms with van der Waals surface area (Å²) in [6.07, 6.45) is 1.03. The van der Waals surface area contributed by atoms with Gasteiger partial charge in [0.25, 0.3) is 0 Å². The zero-order chi connectivity index (χ0) is 22.5. The number of nitrogens with zero attached hydrogens (tertiary/aromatic N) is 2. The summed E-state index contributed by atoms with van der Waals surface area (Å²) in [5, 5.41) is 3.31. The van der Waals surface area contributed by atoms with Gasteiger partial charge in [-0.25, -0.2) is 8.42 Å². The Morgan fingerprint density at radius 3 is 2.20 bits per heavy atom. The number of halogens is 2. The third kappa shape index (κ3) is 6.03. The van der Waals surface area contributed by atoms with Crippen molar-refractivity contribution in [2.45, 2.75) is 33.4 Å². The second-order valence-electron chi connectivity index (χ2n) is 6.89. The lowest BCUT2D eigenvalue weighted by Crippen LogP contribution is -2.47. The summed E-state index contributed by atoms with van der Waals surface area (Å²) in [7, 11) is -3.78. The first-order valence-corrected chi connectivity index (χ1v) is 12.2. The van der Waals surface area contributed by atoms with E-state index in [1.807, 2.05) is 24.3 Å². The Morgan fingerprint density at radius 2 is 1.67 bits per heavy atom. The summed E-state index contributed by atoms with van der Waals surface area (Å²) >= 11 is 12.2. The molecule has 0 saturated carbocycles. The molecule has 0 spiro atoms. The first kappa shape index (κ1) is 24.3. The van der Waals surface area contributed by atoms with Gasteiger partial charge in [-0.3, -0.25) is 9.10 Å².